The molecule has 0 aliphatic heterocycles. The van der Waals surface area contributed by atoms with Crippen LogP contribution >= 0.6 is 0 Å². The van der Waals surface area contributed by atoms with E-state index in [9.17, 15) is 22.7 Å². The summed E-state index contributed by atoms with van der Waals surface area (Å²) in [5, 5.41) is 9.46. The van der Waals surface area contributed by atoms with Crippen molar-refractivity contribution in [3.05, 3.63) is 53.6 Å². The second-order valence-corrected chi connectivity index (χ2v) is 3.70. The third kappa shape index (κ3) is 2.96. The Morgan fingerprint density at radius 1 is 0.947 bits per heavy atom. The minimum Gasteiger partial charge on any atom is -0.504 e. The lowest BCUT2D eigenvalue weighted by molar-refractivity contribution is 0.151. The summed E-state index contributed by atoms with van der Waals surface area (Å²) in [4.78, 5) is 0. The first-order chi connectivity index (χ1) is 8.97. The molecule has 0 saturated heterocycles. The van der Waals surface area contributed by atoms with Gasteiger partial charge in [0.15, 0.2) is 23.1 Å². The Kier molecular flexibility index (Phi) is 3.59. The summed E-state index contributed by atoms with van der Waals surface area (Å²) in [5.41, 5.74) is -0.379. The maximum Gasteiger partial charge on any atom is 0.263 e. The number of hydrogen-bond acceptors (Lipinski definition) is 2. The summed E-state index contributed by atoms with van der Waals surface area (Å²) in [6.45, 7) is 0. The fourth-order valence-corrected chi connectivity index (χ4v) is 1.42. The Morgan fingerprint density at radius 3 is 2.32 bits per heavy atom. The summed E-state index contributed by atoms with van der Waals surface area (Å²) in [6, 6.07) is 5.46. The maximum atomic E-state index is 13.3. The van der Waals surface area contributed by atoms with Crippen molar-refractivity contribution >= 4 is 0 Å². The van der Waals surface area contributed by atoms with Crippen LogP contribution in [0.5, 0.6) is 17.2 Å². The lowest BCUT2D eigenvalue weighted by Crippen LogP contribution is -1.92. The van der Waals surface area contributed by atoms with E-state index in [1.54, 1.807) is 0 Å². The van der Waals surface area contributed by atoms with Crippen molar-refractivity contribution in [3.8, 4) is 17.2 Å². The van der Waals surface area contributed by atoms with Crippen LogP contribution < -0.4 is 4.74 Å². The molecule has 19 heavy (non-hydrogen) atoms. The largest absolute Gasteiger partial charge is 0.504 e. The Balaban J connectivity index is 2.34. The quantitative estimate of drug-likeness (QED) is 0.839. The van der Waals surface area contributed by atoms with Gasteiger partial charge < -0.3 is 9.84 Å². The highest BCUT2D eigenvalue weighted by Crippen LogP contribution is 2.35. The number of rotatable bonds is 3. The highest BCUT2D eigenvalue weighted by Gasteiger charge is 2.13. The molecule has 0 bridgehead atoms. The molecule has 0 heterocycles. The van der Waals surface area contributed by atoms with Gasteiger partial charge in [-0.05, 0) is 30.3 Å². The highest BCUT2D eigenvalue weighted by molar-refractivity contribution is 5.45. The smallest absolute Gasteiger partial charge is 0.263 e. The lowest BCUT2D eigenvalue weighted by Gasteiger charge is -2.10. The summed E-state index contributed by atoms with van der Waals surface area (Å²) in [7, 11) is 0. The zero-order valence-corrected chi connectivity index (χ0v) is 9.41. The average molecular weight is 272 g/mol. The van der Waals surface area contributed by atoms with Crippen LogP contribution in [0, 0.1) is 11.6 Å². The Hall–Kier alpha value is -2.24. The van der Waals surface area contributed by atoms with E-state index >= 15 is 0 Å². The van der Waals surface area contributed by atoms with E-state index in [0.717, 1.165) is 30.3 Å². The molecule has 6 heteroatoms. The second-order valence-electron chi connectivity index (χ2n) is 3.70. The van der Waals surface area contributed by atoms with Gasteiger partial charge in [0.2, 0.25) is 0 Å². The van der Waals surface area contributed by atoms with Crippen LogP contribution in [0.25, 0.3) is 0 Å². The molecule has 0 saturated carbocycles. The molecule has 2 rings (SSSR count). The SMILES string of the molecule is Oc1ccc(C(F)F)cc1Oc1ccc(F)cc1F. The van der Waals surface area contributed by atoms with E-state index < -0.39 is 23.8 Å². The fourth-order valence-electron chi connectivity index (χ4n) is 1.42. The van der Waals surface area contributed by atoms with Gasteiger partial charge >= 0.3 is 0 Å². The monoisotopic (exact) mass is 272 g/mol. The number of benzene rings is 2. The molecule has 2 aromatic carbocycles. The molecule has 0 aromatic heterocycles. The molecular formula is C13H8F4O2. The molecule has 0 fully saturated rings. The number of aromatic hydroxyl groups is 1. The van der Waals surface area contributed by atoms with Gasteiger partial charge in [-0.25, -0.2) is 17.6 Å². The first-order valence-electron chi connectivity index (χ1n) is 5.21. The van der Waals surface area contributed by atoms with Crippen LogP contribution in [0.15, 0.2) is 36.4 Å². The predicted molar refractivity (Wildman–Crippen MR) is 59.5 cm³/mol. The van der Waals surface area contributed by atoms with Crippen LogP contribution in [0.1, 0.15) is 12.0 Å². The van der Waals surface area contributed by atoms with Crippen molar-refractivity contribution in [1.29, 1.82) is 0 Å². The van der Waals surface area contributed by atoms with Crippen LogP contribution in [0.2, 0.25) is 0 Å². The molecule has 2 aromatic rings. The van der Waals surface area contributed by atoms with Gasteiger partial charge in [-0.3, -0.25) is 0 Å². The van der Waals surface area contributed by atoms with Gasteiger partial charge in [-0.1, -0.05) is 0 Å². The van der Waals surface area contributed by atoms with E-state index in [-0.39, 0.29) is 17.1 Å². The standard InChI is InChI=1S/C13H8F4O2/c14-8-2-4-11(9(15)6-8)19-12-5-7(13(16)17)1-3-10(12)18/h1-6,13,18H. The van der Waals surface area contributed by atoms with Gasteiger partial charge in [0.05, 0.1) is 0 Å². The van der Waals surface area contributed by atoms with Gasteiger partial charge in [-0.2, -0.15) is 0 Å². The van der Waals surface area contributed by atoms with Crippen molar-refractivity contribution in [3.63, 3.8) is 0 Å². The number of halogens is 4. The van der Waals surface area contributed by atoms with E-state index in [1.165, 1.54) is 0 Å². The van der Waals surface area contributed by atoms with Gasteiger partial charge in [0.25, 0.3) is 6.43 Å². The Morgan fingerprint density at radius 2 is 1.68 bits per heavy atom. The van der Waals surface area contributed by atoms with Crippen molar-refractivity contribution in [1.82, 2.24) is 0 Å². The van der Waals surface area contributed by atoms with Gasteiger partial charge in [0, 0.05) is 11.6 Å². The number of ether oxygens (including phenoxy) is 1. The van der Waals surface area contributed by atoms with Crippen LogP contribution in [-0.4, -0.2) is 5.11 Å². The molecule has 0 atom stereocenters. The minimum atomic E-state index is -2.75. The molecule has 2 nitrogen and oxygen atoms in total. The zero-order valence-electron chi connectivity index (χ0n) is 9.41. The first-order valence-corrected chi connectivity index (χ1v) is 5.21. The molecule has 0 radical (unpaired) electrons. The third-order valence-corrected chi connectivity index (χ3v) is 2.35. The molecule has 0 spiro atoms. The molecule has 1 N–H and O–H groups in total. The zero-order chi connectivity index (χ0) is 14.0. The molecule has 0 aliphatic rings. The van der Waals surface area contributed by atoms with Crippen molar-refractivity contribution in [2.45, 2.75) is 6.43 Å². The predicted octanol–water partition coefficient (Wildman–Crippen LogP) is 4.40. The summed E-state index contributed by atoms with van der Waals surface area (Å²) in [5.74, 6) is -2.92. The number of hydrogen-bond donors (Lipinski definition) is 1. The van der Waals surface area contributed by atoms with Crippen LogP contribution in [0.4, 0.5) is 17.6 Å². The van der Waals surface area contributed by atoms with Crippen LogP contribution in [-0.2, 0) is 0 Å². The van der Waals surface area contributed by atoms with Gasteiger partial charge in [0.1, 0.15) is 5.82 Å². The molecule has 0 aliphatic carbocycles. The second kappa shape index (κ2) is 5.17. The molecule has 0 unspecified atom stereocenters. The Labute approximate surface area is 105 Å². The molecule has 100 valence electrons. The Bertz CT molecular complexity index is 599. The average Bonchev–Trinajstić information content (AvgIpc) is 2.34. The number of phenols is 1. The van der Waals surface area contributed by atoms with Crippen molar-refractivity contribution < 1.29 is 27.4 Å². The molecular weight excluding hydrogens is 264 g/mol. The summed E-state index contributed by atoms with van der Waals surface area (Å²) in [6.07, 6.45) is -2.75. The lowest BCUT2D eigenvalue weighted by atomic mass is 10.2. The number of phenolic OH excluding ortho intramolecular Hbond substituents is 1. The summed E-state index contributed by atoms with van der Waals surface area (Å²) < 4.78 is 56.0. The number of alkyl halides is 2. The summed E-state index contributed by atoms with van der Waals surface area (Å²) >= 11 is 0. The van der Waals surface area contributed by atoms with E-state index in [1.807, 2.05) is 0 Å². The van der Waals surface area contributed by atoms with Crippen molar-refractivity contribution in [2.75, 3.05) is 0 Å². The first kappa shape index (κ1) is 13.2. The van der Waals surface area contributed by atoms with Crippen molar-refractivity contribution in [2.24, 2.45) is 0 Å². The van der Waals surface area contributed by atoms with Gasteiger partial charge in [-0.15, -0.1) is 0 Å². The van der Waals surface area contributed by atoms with E-state index in [0.29, 0.717) is 6.07 Å². The van der Waals surface area contributed by atoms with Crippen LogP contribution in [0.3, 0.4) is 0 Å². The molecule has 0 amide bonds. The fraction of sp³-hybridized carbons (Fsp3) is 0.0769. The highest BCUT2D eigenvalue weighted by atomic mass is 19.3. The topological polar surface area (TPSA) is 29.5 Å². The van der Waals surface area contributed by atoms with E-state index in [4.69, 9.17) is 4.74 Å². The maximum absolute atomic E-state index is 13.3. The minimum absolute atomic E-state index is 0.330. The van der Waals surface area contributed by atoms with E-state index in [2.05, 4.69) is 0 Å². The normalized spacial score (nSPS) is 10.8. The third-order valence-electron chi connectivity index (χ3n) is 2.35.